The quantitative estimate of drug-likeness (QED) is 0.662. The van der Waals surface area contributed by atoms with Crippen LogP contribution in [0.4, 0.5) is 0 Å². The van der Waals surface area contributed by atoms with Crippen LogP contribution in [0.15, 0.2) is 23.6 Å². The Hall–Kier alpha value is -2.34. The molecule has 1 aliphatic heterocycles. The maximum atomic E-state index is 11.8. The third kappa shape index (κ3) is 2.29. The van der Waals surface area contributed by atoms with Crippen molar-refractivity contribution in [2.24, 2.45) is 0 Å². The number of thiazole rings is 1. The van der Waals surface area contributed by atoms with Crippen molar-refractivity contribution in [3.63, 3.8) is 0 Å². The second kappa shape index (κ2) is 5.34. The average molecular weight is 342 g/mol. The molecule has 0 aliphatic carbocycles. The van der Waals surface area contributed by atoms with Crippen molar-refractivity contribution in [1.82, 2.24) is 9.38 Å². The van der Waals surface area contributed by atoms with E-state index in [1.165, 1.54) is 11.3 Å². The fourth-order valence-corrected chi connectivity index (χ4v) is 3.85. The molecule has 1 aliphatic rings. The number of carbonyl (C=O) groups is 1. The van der Waals surface area contributed by atoms with Gasteiger partial charge in [-0.3, -0.25) is 9.20 Å². The van der Waals surface area contributed by atoms with Crippen molar-refractivity contribution in [1.29, 1.82) is 0 Å². The molecule has 0 atom stereocenters. The highest BCUT2D eigenvalue weighted by Crippen LogP contribution is 2.37. The SMILES string of the molecule is CC(C)(C)c1nc2scc(-c3ccc4c(c3)OCCO4)n2c1C=O. The minimum Gasteiger partial charge on any atom is -0.486 e. The molecule has 1 aromatic carbocycles. The predicted molar refractivity (Wildman–Crippen MR) is 93.6 cm³/mol. The molecule has 3 aromatic rings. The lowest BCUT2D eigenvalue weighted by Gasteiger charge is -2.19. The number of aromatic nitrogens is 2. The molecule has 4 rings (SSSR count). The van der Waals surface area contributed by atoms with Crippen molar-refractivity contribution in [2.45, 2.75) is 26.2 Å². The second-order valence-electron chi connectivity index (χ2n) is 6.81. The van der Waals surface area contributed by atoms with Crippen LogP contribution in [0.2, 0.25) is 0 Å². The molecule has 0 amide bonds. The first-order valence-electron chi connectivity index (χ1n) is 7.84. The van der Waals surface area contributed by atoms with Crippen LogP contribution in [0.1, 0.15) is 37.0 Å². The molecule has 0 spiro atoms. The van der Waals surface area contributed by atoms with Gasteiger partial charge in [0.1, 0.15) is 18.9 Å². The zero-order valence-corrected chi connectivity index (χ0v) is 14.6. The molecule has 0 saturated heterocycles. The van der Waals surface area contributed by atoms with Crippen LogP contribution in [-0.2, 0) is 5.41 Å². The smallest absolute Gasteiger partial charge is 0.195 e. The molecular formula is C18H18N2O3S. The summed E-state index contributed by atoms with van der Waals surface area (Å²) < 4.78 is 13.2. The van der Waals surface area contributed by atoms with Gasteiger partial charge in [0.2, 0.25) is 0 Å². The Morgan fingerprint density at radius 1 is 1.21 bits per heavy atom. The van der Waals surface area contributed by atoms with Crippen LogP contribution in [0.5, 0.6) is 11.5 Å². The standard InChI is InChI=1S/C18H18N2O3S/c1-18(2,3)16-12(9-21)20-13(10-24-17(20)19-16)11-4-5-14-15(8-11)23-7-6-22-14/h4-5,8-10H,6-7H2,1-3H3. The Morgan fingerprint density at radius 2 is 1.96 bits per heavy atom. The van der Waals surface area contributed by atoms with E-state index in [1.807, 2.05) is 28.0 Å². The predicted octanol–water partition coefficient (Wildman–Crippen LogP) is 3.94. The number of carbonyl (C=O) groups excluding carboxylic acids is 1. The number of aldehydes is 1. The molecule has 0 unspecified atom stereocenters. The van der Waals surface area contributed by atoms with Crippen LogP contribution in [-0.4, -0.2) is 28.9 Å². The number of benzene rings is 1. The van der Waals surface area contributed by atoms with E-state index in [0.29, 0.717) is 18.9 Å². The van der Waals surface area contributed by atoms with E-state index >= 15 is 0 Å². The molecule has 6 heteroatoms. The van der Waals surface area contributed by atoms with Gasteiger partial charge in [0.25, 0.3) is 0 Å². The first-order chi connectivity index (χ1) is 11.5. The van der Waals surface area contributed by atoms with Gasteiger partial charge in [-0.2, -0.15) is 0 Å². The molecule has 0 saturated carbocycles. The Kier molecular flexibility index (Phi) is 3.38. The summed E-state index contributed by atoms with van der Waals surface area (Å²) in [5.41, 5.74) is 3.17. The zero-order chi connectivity index (χ0) is 16.9. The average Bonchev–Trinajstić information content (AvgIpc) is 3.12. The van der Waals surface area contributed by atoms with E-state index in [-0.39, 0.29) is 5.41 Å². The molecule has 0 fully saturated rings. The lowest BCUT2D eigenvalue weighted by atomic mass is 9.91. The van der Waals surface area contributed by atoms with E-state index in [2.05, 4.69) is 25.8 Å². The largest absolute Gasteiger partial charge is 0.486 e. The van der Waals surface area contributed by atoms with Crippen LogP contribution in [0.25, 0.3) is 16.2 Å². The van der Waals surface area contributed by atoms with Crippen molar-refractivity contribution >= 4 is 22.6 Å². The number of fused-ring (bicyclic) bond motifs is 2. The van der Waals surface area contributed by atoms with Gasteiger partial charge in [-0.05, 0) is 18.2 Å². The molecule has 0 N–H and O–H groups in total. The van der Waals surface area contributed by atoms with E-state index < -0.39 is 0 Å². The van der Waals surface area contributed by atoms with Crippen molar-refractivity contribution in [2.75, 3.05) is 13.2 Å². The number of rotatable bonds is 2. The summed E-state index contributed by atoms with van der Waals surface area (Å²) in [6.45, 7) is 7.32. The number of imidazole rings is 1. The Labute approximate surface area is 143 Å². The summed E-state index contributed by atoms with van der Waals surface area (Å²) in [5.74, 6) is 1.50. The summed E-state index contributed by atoms with van der Waals surface area (Å²) in [5, 5.41) is 2.02. The Bertz CT molecular complexity index is 934. The Balaban J connectivity index is 1.91. The lowest BCUT2D eigenvalue weighted by Crippen LogP contribution is -2.15. The van der Waals surface area contributed by atoms with Gasteiger partial charge in [-0.25, -0.2) is 4.98 Å². The third-order valence-corrected chi connectivity index (χ3v) is 4.88. The van der Waals surface area contributed by atoms with E-state index in [1.54, 1.807) is 0 Å². The van der Waals surface area contributed by atoms with E-state index in [9.17, 15) is 4.79 Å². The van der Waals surface area contributed by atoms with Gasteiger partial charge in [0, 0.05) is 16.4 Å². The van der Waals surface area contributed by atoms with Crippen LogP contribution in [0, 0.1) is 0 Å². The van der Waals surface area contributed by atoms with Crippen LogP contribution < -0.4 is 9.47 Å². The summed E-state index contributed by atoms with van der Waals surface area (Å²) in [7, 11) is 0. The monoisotopic (exact) mass is 342 g/mol. The minimum absolute atomic E-state index is 0.188. The molecule has 2 aromatic heterocycles. The van der Waals surface area contributed by atoms with Gasteiger partial charge in [-0.1, -0.05) is 20.8 Å². The minimum atomic E-state index is -0.188. The highest BCUT2D eigenvalue weighted by atomic mass is 32.1. The number of hydrogen-bond acceptors (Lipinski definition) is 5. The summed E-state index contributed by atoms with van der Waals surface area (Å²) in [4.78, 5) is 17.3. The molecule has 24 heavy (non-hydrogen) atoms. The number of nitrogens with zero attached hydrogens (tertiary/aromatic N) is 2. The fourth-order valence-electron chi connectivity index (χ4n) is 2.95. The molecule has 124 valence electrons. The molecule has 3 heterocycles. The second-order valence-corrected chi connectivity index (χ2v) is 7.65. The maximum Gasteiger partial charge on any atom is 0.195 e. The fraction of sp³-hybridized carbons (Fsp3) is 0.333. The Morgan fingerprint density at radius 3 is 2.67 bits per heavy atom. The van der Waals surface area contributed by atoms with Gasteiger partial charge in [0.15, 0.2) is 22.7 Å². The lowest BCUT2D eigenvalue weighted by molar-refractivity contribution is 0.111. The topological polar surface area (TPSA) is 52.8 Å². The summed E-state index contributed by atoms with van der Waals surface area (Å²) in [6, 6.07) is 5.86. The van der Waals surface area contributed by atoms with Crippen molar-refractivity contribution in [3.05, 3.63) is 35.0 Å². The molecule has 0 bridgehead atoms. The molecule has 5 nitrogen and oxygen atoms in total. The van der Waals surface area contributed by atoms with Gasteiger partial charge >= 0.3 is 0 Å². The number of hydrogen-bond donors (Lipinski definition) is 0. The van der Waals surface area contributed by atoms with Crippen LogP contribution in [0.3, 0.4) is 0 Å². The zero-order valence-electron chi connectivity index (χ0n) is 13.8. The first kappa shape index (κ1) is 15.2. The number of ether oxygens (including phenoxy) is 2. The molecule has 0 radical (unpaired) electrons. The van der Waals surface area contributed by atoms with Gasteiger partial charge < -0.3 is 9.47 Å². The summed E-state index contributed by atoms with van der Waals surface area (Å²) in [6.07, 6.45) is 0.898. The van der Waals surface area contributed by atoms with Crippen molar-refractivity contribution in [3.8, 4) is 22.8 Å². The third-order valence-electron chi connectivity index (χ3n) is 4.06. The highest BCUT2D eigenvalue weighted by molar-refractivity contribution is 7.15. The summed E-state index contributed by atoms with van der Waals surface area (Å²) >= 11 is 1.53. The van der Waals surface area contributed by atoms with Crippen LogP contribution >= 0.6 is 11.3 Å². The van der Waals surface area contributed by atoms with Crippen molar-refractivity contribution < 1.29 is 14.3 Å². The molecular weight excluding hydrogens is 324 g/mol. The normalized spacial score (nSPS) is 14.1. The van der Waals surface area contributed by atoms with Gasteiger partial charge in [-0.15, -0.1) is 11.3 Å². The maximum absolute atomic E-state index is 11.8. The highest BCUT2D eigenvalue weighted by Gasteiger charge is 2.26. The van der Waals surface area contributed by atoms with E-state index in [0.717, 1.165) is 39.7 Å². The van der Waals surface area contributed by atoms with E-state index in [4.69, 9.17) is 9.47 Å². The first-order valence-corrected chi connectivity index (χ1v) is 8.72. The van der Waals surface area contributed by atoms with Gasteiger partial charge in [0.05, 0.1) is 11.4 Å².